The van der Waals surface area contributed by atoms with Crippen LogP contribution in [0.1, 0.15) is 155 Å². The van der Waals surface area contributed by atoms with Crippen molar-refractivity contribution < 1.29 is 24.5 Å². The molecule has 0 bridgehead atoms. The number of esters is 1. The number of carboxylic acids is 1. The third kappa shape index (κ3) is 23.8. The van der Waals surface area contributed by atoms with Crippen molar-refractivity contribution in [3.05, 3.63) is 0 Å². The van der Waals surface area contributed by atoms with Gasteiger partial charge in [0.15, 0.2) is 0 Å². The van der Waals surface area contributed by atoms with E-state index in [0.29, 0.717) is 12.8 Å². The summed E-state index contributed by atoms with van der Waals surface area (Å²) >= 11 is 0. The summed E-state index contributed by atoms with van der Waals surface area (Å²) in [5.41, 5.74) is 0. The van der Waals surface area contributed by atoms with Gasteiger partial charge < -0.3 is 14.9 Å². The van der Waals surface area contributed by atoms with Crippen LogP contribution in [0, 0.1) is 0 Å². The van der Waals surface area contributed by atoms with Gasteiger partial charge in [-0.05, 0) is 19.3 Å². The van der Waals surface area contributed by atoms with Crippen molar-refractivity contribution in [3.8, 4) is 0 Å². The smallest absolute Gasteiger partial charge is 0.308 e. The second kappa shape index (κ2) is 24.0. The molecule has 0 aliphatic carbocycles. The van der Waals surface area contributed by atoms with Crippen LogP contribution in [0.5, 0.6) is 0 Å². The number of ether oxygens (including phenoxy) is 1. The van der Waals surface area contributed by atoms with Gasteiger partial charge in [0.1, 0.15) is 6.10 Å². The minimum absolute atomic E-state index is 0.0368. The van der Waals surface area contributed by atoms with Crippen molar-refractivity contribution in [1.29, 1.82) is 0 Å². The minimum atomic E-state index is -0.945. The molecule has 0 heterocycles. The SMILES string of the molecule is CCCCCCCCCCCC(O)CC(=O)OC(CCCCCCCCCCC)CC(=O)O. The summed E-state index contributed by atoms with van der Waals surface area (Å²) in [6, 6.07) is 0. The fourth-order valence-electron chi connectivity index (χ4n) is 4.30. The zero-order valence-corrected chi connectivity index (χ0v) is 21.8. The van der Waals surface area contributed by atoms with Gasteiger partial charge >= 0.3 is 11.9 Å². The Hall–Kier alpha value is -1.10. The van der Waals surface area contributed by atoms with E-state index in [9.17, 15) is 14.7 Å². The van der Waals surface area contributed by atoms with Crippen molar-refractivity contribution >= 4 is 11.9 Å². The Morgan fingerprint density at radius 2 is 1.00 bits per heavy atom. The van der Waals surface area contributed by atoms with Crippen LogP contribution < -0.4 is 0 Å². The second-order valence-electron chi connectivity index (χ2n) is 9.80. The molecule has 196 valence electrons. The van der Waals surface area contributed by atoms with Crippen LogP contribution in [0.2, 0.25) is 0 Å². The maximum atomic E-state index is 12.2. The highest BCUT2D eigenvalue weighted by atomic mass is 16.5. The van der Waals surface area contributed by atoms with E-state index in [1.807, 2.05) is 0 Å². The van der Waals surface area contributed by atoms with E-state index in [4.69, 9.17) is 9.84 Å². The lowest BCUT2D eigenvalue weighted by Crippen LogP contribution is -2.24. The normalized spacial score (nSPS) is 13.1. The fraction of sp³-hybridized carbons (Fsp3) is 0.929. The lowest BCUT2D eigenvalue weighted by molar-refractivity contribution is -0.155. The largest absolute Gasteiger partial charge is 0.481 e. The molecule has 0 amide bonds. The van der Waals surface area contributed by atoms with E-state index in [1.54, 1.807) is 0 Å². The summed E-state index contributed by atoms with van der Waals surface area (Å²) in [5.74, 6) is -1.42. The number of rotatable bonds is 25. The van der Waals surface area contributed by atoms with Gasteiger partial charge in [-0.1, -0.05) is 123 Å². The molecule has 0 saturated carbocycles. The predicted molar refractivity (Wildman–Crippen MR) is 136 cm³/mol. The maximum Gasteiger partial charge on any atom is 0.308 e. The minimum Gasteiger partial charge on any atom is -0.481 e. The molecule has 0 aliphatic heterocycles. The molecule has 0 aromatic heterocycles. The number of carbonyl (C=O) groups is 2. The van der Waals surface area contributed by atoms with Crippen molar-refractivity contribution in [3.63, 3.8) is 0 Å². The zero-order chi connectivity index (χ0) is 24.6. The molecule has 5 heteroatoms. The lowest BCUT2D eigenvalue weighted by Gasteiger charge is -2.17. The third-order valence-corrected chi connectivity index (χ3v) is 6.37. The van der Waals surface area contributed by atoms with Crippen molar-refractivity contribution in [2.24, 2.45) is 0 Å². The van der Waals surface area contributed by atoms with Crippen LogP contribution in [-0.2, 0) is 14.3 Å². The van der Waals surface area contributed by atoms with E-state index >= 15 is 0 Å². The van der Waals surface area contributed by atoms with Crippen molar-refractivity contribution in [2.75, 3.05) is 0 Å². The number of hydrogen-bond donors (Lipinski definition) is 2. The number of aliphatic hydroxyl groups is 1. The van der Waals surface area contributed by atoms with Gasteiger partial charge in [0, 0.05) is 0 Å². The van der Waals surface area contributed by atoms with Gasteiger partial charge in [0.05, 0.1) is 18.9 Å². The lowest BCUT2D eigenvalue weighted by atomic mass is 10.0. The molecule has 33 heavy (non-hydrogen) atoms. The Labute approximate surface area is 204 Å². The number of carboxylic acid groups (broad SMARTS) is 1. The molecule has 0 aromatic carbocycles. The third-order valence-electron chi connectivity index (χ3n) is 6.37. The van der Waals surface area contributed by atoms with Crippen LogP contribution in [0.3, 0.4) is 0 Å². The molecule has 0 aromatic rings. The Balaban J connectivity index is 3.88. The maximum absolute atomic E-state index is 12.2. The highest BCUT2D eigenvalue weighted by molar-refractivity contribution is 5.71. The standard InChI is InChI=1S/C28H54O5/c1-3-5-7-9-11-13-15-17-19-21-25(29)23-28(32)33-26(24-27(30)31)22-20-18-16-14-12-10-8-6-4-2/h25-26,29H,3-24H2,1-2H3,(H,30,31). The molecular formula is C28H54O5. The quantitative estimate of drug-likeness (QED) is 0.104. The first-order chi connectivity index (χ1) is 16.0. The summed E-state index contributed by atoms with van der Waals surface area (Å²) in [4.78, 5) is 23.3. The first-order valence-electron chi connectivity index (χ1n) is 14.1. The molecule has 0 rings (SSSR count). The number of aliphatic carboxylic acids is 1. The highest BCUT2D eigenvalue weighted by Gasteiger charge is 2.20. The zero-order valence-electron chi connectivity index (χ0n) is 21.8. The first-order valence-corrected chi connectivity index (χ1v) is 14.1. The number of aliphatic hydroxyl groups excluding tert-OH is 1. The van der Waals surface area contributed by atoms with Gasteiger partial charge in [-0.15, -0.1) is 0 Å². The molecule has 0 radical (unpaired) electrons. The first kappa shape index (κ1) is 31.9. The molecule has 0 spiro atoms. The van der Waals surface area contributed by atoms with Crippen LogP contribution in [0.15, 0.2) is 0 Å². The topological polar surface area (TPSA) is 83.8 Å². The van der Waals surface area contributed by atoms with Gasteiger partial charge in [-0.25, -0.2) is 0 Å². The highest BCUT2D eigenvalue weighted by Crippen LogP contribution is 2.16. The van der Waals surface area contributed by atoms with E-state index in [-0.39, 0.29) is 12.8 Å². The van der Waals surface area contributed by atoms with Crippen LogP contribution in [0.4, 0.5) is 0 Å². The Morgan fingerprint density at radius 1 is 0.606 bits per heavy atom. The van der Waals surface area contributed by atoms with Gasteiger partial charge in [0.25, 0.3) is 0 Å². The average Bonchev–Trinajstić information content (AvgIpc) is 2.76. The summed E-state index contributed by atoms with van der Waals surface area (Å²) in [6.45, 7) is 4.45. The molecule has 2 atom stereocenters. The Bertz CT molecular complexity index is 452. The Kier molecular flexibility index (Phi) is 23.2. The van der Waals surface area contributed by atoms with Crippen LogP contribution in [0.25, 0.3) is 0 Å². The average molecular weight is 471 g/mol. The van der Waals surface area contributed by atoms with Gasteiger partial charge in [-0.2, -0.15) is 0 Å². The summed E-state index contributed by atoms with van der Waals surface area (Å²) in [5, 5.41) is 19.3. The van der Waals surface area contributed by atoms with E-state index in [2.05, 4.69) is 13.8 Å². The number of unbranched alkanes of at least 4 members (excludes halogenated alkanes) is 16. The van der Waals surface area contributed by atoms with Crippen molar-refractivity contribution in [2.45, 2.75) is 167 Å². The summed E-state index contributed by atoms with van der Waals surface area (Å²) < 4.78 is 5.42. The Morgan fingerprint density at radius 3 is 1.42 bits per heavy atom. The van der Waals surface area contributed by atoms with Crippen LogP contribution in [-0.4, -0.2) is 34.4 Å². The molecule has 2 N–H and O–H groups in total. The van der Waals surface area contributed by atoms with Crippen molar-refractivity contribution in [1.82, 2.24) is 0 Å². The van der Waals surface area contributed by atoms with Gasteiger partial charge in [-0.3, -0.25) is 9.59 Å². The number of hydrogen-bond acceptors (Lipinski definition) is 4. The van der Waals surface area contributed by atoms with E-state index < -0.39 is 24.1 Å². The second-order valence-corrected chi connectivity index (χ2v) is 9.80. The molecule has 5 nitrogen and oxygen atoms in total. The predicted octanol–water partition coefficient (Wildman–Crippen LogP) is 7.97. The molecule has 2 unspecified atom stereocenters. The van der Waals surface area contributed by atoms with E-state index in [0.717, 1.165) is 32.1 Å². The molecule has 0 saturated heterocycles. The van der Waals surface area contributed by atoms with Crippen LogP contribution >= 0.6 is 0 Å². The molecular weight excluding hydrogens is 416 g/mol. The van der Waals surface area contributed by atoms with Gasteiger partial charge in [0.2, 0.25) is 0 Å². The molecule has 0 fully saturated rings. The fourth-order valence-corrected chi connectivity index (χ4v) is 4.30. The monoisotopic (exact) mass is 470 g/mol. The molecule has 0 aliphatic rings. The van der Waals surface area contributed by atoms with E-state index in [1.165, 1.54) is 83.5 Å². The summed E-state index contributed by atoms with van der Waals surface area (Å²) in [6.07, 6.45) is 21.5. The summed E-state index contributed by atoms with van der Waals surface area (Å²) in [7, 11) is 0. The number of carbonyl (C=O) groups excluding carboxylic acids is 1.